The zero-order valence-electron chi connectivity index (χ0n) is 11.1. The molecule has 0 fully saturated rings. The molecular weight excluding hydrogens is 212 g/mol. The number of ether oxygens (including phenoxy) is 1. The molecule has 2 nitrogen and oxygen atoms in total. The third kappa shape index (κ3) is 5.20. The van der Waals surface area contributed by atoms with Crippen LogP contribution in [0.3, 0.4) is 0 Å². The highest BCUT2D eigenvalue weighted by atomic mass is 16.6. The summed E-state index contributed by atoms with van der Waals surface area (Å²) in [7, 11) is 0. The van der Waals surface area contributed by atoms with Gasteiger partial charge in [0.1, 0.15) is 5.60 Å². The quantitative estimate of drug-likeness (QED) is 0.393. The molecule has 1 aliphatic rings. The van der Waals surface area contributed by atoms with Gasteiger partial charge in [0, 0.05) is 5.57 Å². The van der Waals surface area contributed by atoms with E-state index in [-0.39, 0.29) is 11.6 Å². The SMILES string of the molecule is C=CCCCC(C)(C)OC(=O)C1=CCCCC1. The number of hydrogen-bond acceptors (Lipinski definition) is 2. The third-order valence-corrected chi connectivity index (χ3v) is 3.11. The van der Waals surface area contributed by atoms with E-state index in [0.29, 0.717) is 0 Å². The first kappa shape index (κ1) is 14.0. The zero-order valence-corrected chi connectivity index (χ0v) is 11.1. The molecule has 0 saturated carbocycles. The Balaban J connectivity index is 2.42. The summed E-state index contributed by atoms with van der Waals surface area (Å²) in [6.07, 6.45) is 11.0. The number of esters is 1. The van der Waals surface area contributed by atoms with Crippen molar-refractivity contribution in [3.8, 4) is 0 Å². The predicted octanol–water partition coefficient (Wildman–Crippen LogP) is 4.16. The average Bonchev–Trinajstić information content (AvgIpc) is 2.30. The van der Waals surface area contributed by atoms with E-state index in [2.05, 4.69) is 6.58 Å². The molecule has 0 aliphatic heterocycles. The average molecular weight is 236 g/mol. The van der Waals surface area contributed by atoms with Crippen LogP contribution in [-0.2, 0) is 9.53 Å². The fourth-order valence-corrected chi connectivity index (χ4v) is 2.06. The van der Waals surface area contributed by atoms with Crippen molar-refractivity contribution in [2.24, 2.45) is 0 Å². The highest BCUT2D eigenvalue weighted by Gasteiger charge is 2.24. The molecule has 17 heavy (non-hydrogen) atoms. The van der Waals surface area contributed by atoms with Crippen LogP contribution in [0.25, 0.3) is 0 Å². The maximum atomic E-state index is 11.9. The van der Waals surface area contributed by atoms with E-state index in [1.54, 1.807) is 0 Å². The zero-order chi connectivity index (χ0) is 12.7. The van der Waals surface area contributed by atoms with E-state index >= 15 is 0 Å². The van der Waals surface area contributed by atoms with Crippen LogP contribution in [0, 0.1) is 0 Å². The van der Waals surface area contributed by atoms with Gasteiger partial charge < -0.3 is 4.74 Å². The van der Waals surface area contributed by atoms with Gasteiger partial charge in [-0.3, -0.25) is 0 Å². The van der Waals surface area contributed by atoms with Gasteiger partial charge in [0.05, 0.1) is 0 Å². The van der Waals surface area contributed by atoms with Crippen molar-refractivity contribution in [2.45, 2.75) is 64.4 Å². The van der Waals surface area contributed by atoms with Crippen molar-refractivity contribution in [3.63, 3.8) is 0 Å². The second-order valence-electron chi connectivity index (χ2n) is 5.31. The topological polar surface area (TPSA) is 26.3 Å². The summed E-state index contributed by atoms with van der Waals surface area (Å²) in [5, 5.41) is 0. The van der Waals surface area contributed by atoms with Gasteiger partial charge in [-0.1, -0.05) is 12.2 Å². The Morgan fingerprint density at radius 1 is 1.53 bits per heavy atom. The van der Waals surface area contributed by atoms with Gasteiger partial charge in [0.2, 0.25) is 0 Å². The van der Waals surface area contributed by atoms with Crippen LogP contribution in [0.4, 0.5) is 0 Å². The lowest BCUT2D eigenvalue weighted by Crippen LogP contribution is -2.29. The summed E-state index contributed by atoms with van der Waals surface area (Å²) in [6, 6.07) is 0. The number of rotatable bonds is 6. The number of unbranched alkanes of at least 4 members (excludes halogenated alkanes) is 1. The first-order valence-electron chi connectivity index (χ1n) is 6.58. The molecule has 0 heterocycles. The van der Waals surface area contributed by atoms with Crippen LogP contribution < -0.4 is 0 Å². The van der Waals surface area contributed by atoms with E-state index in [0.717, 1.165) is 44.1 Å². The normalized spacial score (nSPS) is 16.2. The van der Waals surface area contributed by atoms with Crippen LogP contribution in [-0.4, -0.2) is 11.6 Å². The first-order chi connectivity index (χ1) is 8.05. The molecule has 0 atom stereocenters. The Kier molecular flexibility index (Phi) is 5.46. The van der Waals surface area contributed by atoms with Crippen molar-refractivity contribution in [1.82, 2.24) is 0 Å². The van der Waals surface area contributed by atoms with Crippen molar-refractivity contribution >= 4 is 5.97 Å². The monoisotopic (exact) mass is 236 g/mol. The molecule has 0 aromatic rings. The fourth-order valence-electron chi connectivity index (χ4n) is 2.06. The molecule has 0 aromatic carbocycles. The van der Waals surface area contributed by atoms with Crippen molar-refractivity contribution in [2.75, 3.05) is 0 Å². The van der Waals surface area contributed by atoms with Gasteiger partial charge >= 0.3 is 5.97 Å². The maximum Gasteiger partial charge on any atom is 0.334 e. The van der Waals surface area contributed by atoms with E-state index in [4.69, 9.17) is 4.74 Å². The van der Waals surface area contributed by atoms with Crippen molar-refractivity contribution in [3.05, 3.63) is 24.3 Å². The van der Waals surface area contributed by atoms with Gasteiger partial charge in [0.25, 0.3) is 0 Å². The first-order valence-corrected chi connectivity index (χ1v) is 6.58. The fraction of sp³-hybridized carbons (Fsp3) is 0.667. The van der Waals surface area contributed by atoms with Gasteiger partial charge in [-0.2, -0.15) is 0 Å². The number of allylic oxidation sites excluding steroid dienone is 2. The van der Waals surface area contributed by atoms with Crippen LogP contribution in [0.2, 0.25) is 0 Å². The Bertz CT molecular complexity index is 300. The molecule has 1 aliphatic carbocycles. The molecule has 2 heteroatoms. The smallest absolute Gasteiger partial charge is 0.334 e. The van der Waals surface area contributed by atoms with Gasteiger partial charge in [-0.05, 0) is 58.8 Å². The number of carbonyl (C=O) groups is 1. The Morgan fingerprint density at radius 2 is 2.29 bits per heavy atom. The molecule has 0 radical (unpaired) electrons. The minimum absolute atomic E-state index is 0.117. The predicted molar refractivity (Wildman–Crippen MR) is 70.8 cm³/mol. The van der Waals surface area contributed by atoms with E-state index in [1.165, 1.54) is 6.42 Å². The summed E-state index contributed by atoms with van der Waals surface area (Å²) in [5.41, 5.74) is 0.506. The maximum absolute atomic E-state index is 11.9. The molecule has 96 valence electrons. The van der Waals surface area contributed by atoms with Crippen LogP contribution in [0.15, 0.2) is 24.3 Å². The molecule has 0 saturated heterocycles. The Labute approximate surface area is 105 Å². The molecule has 0 unspecified atom stereocenters. The summed E-state index contributed by atoms with van der Waals surface area (Å²) in [6.45, 7) is 7.66. The standard InChI is InChI=1S/C15H24O2/c1-4-5-9-12-15(2,3)17-14(16)13-10-7-6-8-11-13/h4,10H,1,5-9,11-12H2,2-3H3. The molecule has 1 rings (SSSR count). The summed E-state index contributed by atoms with van der Waals surface area (Å²) in [4.78, 5) is 11.9. The molecule has 0 bridgehead atoms. The van der Waals surface area contributed by atoms with Crippen LogP contribution >= 0.6 is 0 Å². The number of carbonyl (C=O) groups excluding carboxylic acids is 1. The summed E-state index contributed by atoms with van der Waals surface area (Å²) >= 11 is 0. The van der Waals surface area contributed by atoms with Gasteiger partial charge in [0.15, 0.2) is 0 Å². The van der Waals surface area contributed by atoms with E-state index in [9.17, 15) is 4.79 Å². The molecule has 0 aromatic heterocycles. The minimum Gasteiger partial charge on any atom is -0.456 e. The lowest BCUT2D eigenvalue weighted by Gasteiger charge is -2.26. The molecule has 0 spiro atoms. The molecule has 0 N–H and O–H groups in total. The minimum atomic E-state index is -0.363. The number of hydrogen-bond donors (Lipinski definition) is 0. The van der Waals surface area contributed by atoms with E-state index < -0.39 is 0 Å². The summed E-state index contributed by atoms with van der Waals surface area (Å²) in [5.74, 6) is -0.117. The second-order valence-corrected chi connectivity index (χ2v) is 5.31. The molecular formula is C15H24O2. The Hall–Kier alpha value is -1.05. The van der Waals surface area contributed by atoms with E-state index in [1.807, 2.05) is 26.0 Å². The lowest BCUT2D eigenvalue weighted by atomic mass is 9.98. The highest BCUT2D eigenvalue weighted by Crippen LogP contribution is 2.24. The van der Waals surface area contributed by atoms with Crippen molar-refractivity contribution in [1.29, 1.82) is 0 Å². The second kappa shape index (κ2) is 6.63. The lowest BCUT2D eigenvalue weighted by molar-refractivity contribution is -0.152. The summed E-state index contributed by atoms with van der Waals surface area (Å²) < 4.78 is 5.58. The van der Waals surface area contributed by atoms with Gasteiger partial charge in [-0.25, -0.2) is 4.79 Å². The molecule has 0 amide bonds. The largest absolute Gasteiger partial charge is 0.456 e. The Morgan fingerprint density at radius 3 is 2.88 bits per heavy atom. The van der Waals surface area contributed by atoms with Crippen LogP contribution in [0.5, 0.6) is 0 Å². The highest BCUT2D eigenvalue weighted by molar-refractivity contribution is 5.88. The van der Waals surface area contributed by atoms with Crippen LogP contribution in [0.1, 0.15) is 58.8 Å². The van der Waals surface area contributed by atoms with Gasteiger partial charge in [-0.15, -0.1) is 6.58 Å². The van der Waals surface area contributed by atoms with Crippen molar-refractivity contribution < 1.29 is 9.53 Å². The third-order valence-electron chi connectivity index (χ3n) is 3.11.